The predicted octanol–water partition coefficient (Wildman–Crippen LogP) is 3.23. The molecule has 7 nitrogen and oxygen atoms in total. The lowest BCUT2D eigenvalue weighted by Gasteiger charge is -2.38. The van der Waals surface area contributed by atoms with E-state index in [2.05, 4.69) is 15.6 Å². The number of aromatic amines is 1. The highest BCUT2D eigenvalue weighted by Crippen LogP contribution is 2.33. The molecule has 1 unspecified atom stereocenters. The highest BCUT2D eigenvalue weighted by molar-refractivity contribution is 5.94. The SMILES string of the molecule is CC1(Nc2ccc(C(=O)N3CCOCC3)cc2)NC(c2ccccc2)=Cc2cc[nH]c(=O)c21. The first-order chi connectivity index (χ1) is 16.0. The molecule has 2 aliphatic rings. The number of pyridine rings is 1. The Labute approximate surface area is 192 Å². The normalized spacial score (nSPS) is 19.8. The summed E-state index contributed by atoms with van der Waals surface area (Å²) in [5.41, 5.74) is 3.83. The van der Waals surface area contributed by atoms with Crippen LogP contribution in [-0.2, 0) is 10.4 Å². The fourth-order valence-corrected chi connectivity index (χ4v) is 4.45. The molecule has 1 amide bonds. The van der Waals surface area contributed by atoms with Gasteiger partial charge in [-0.25, -0.2) is 0 Å². The monoisotopic (exact) mass is 442 g/mol. The van der Waals surface area contributed by atoms with Gasteiger partial charge >= 0.3 is 0 Å². The average Bonchev–Trinajstić information content (AvgIpc) is 2.85. The molecule has 168 valence electrons. The quantitative estimate of drug-likeness (QED) is 0.578. The number of carbonyl (C=O) groups excluding carboxylic acids is 1. The Morgan fingerprint density at radius 1 is 1.03 bits per heavy atom. The maximum absolute atomic E-state index is 12.8. The summed E-state index contributed by atoms with van der Waals surface area (Å²) in [6, 6.07) is 19.3. The Morgan fingerprint density at radius 3 is 2.48 bits per heavy atom. The third-order valence-corrected chi connectivity index (χ3v) is 6.09. The molecule has 1 fully saturated rings. The van der Waals surface area contributed by atoms with Gasteiger partial charge in [0.05, 0.1) is 18.8 Å². The molecule has 2 aromatic carbocycles. The minimum atomic E-state index is -0.861. The van der Waals surface area contributed by atoms with Gasteiger partial charge in [-0.1, -0.05) is 30.3 Å². The number of fused-ring (bicyclic) bond motifs is 1. The number of morpholine rings is 1. The summed E-state index contributed by atoms with van der Waals surface area (Å²) in [5.74, 6) is 0.00272. The maximum atomic E-state index is 12.8. The van der Waals surface area contributed by atoms with E-state index in [9.17, 15) is 9.59 Å². The zero-order valence-corrected chi connectivity index (χ0v) is 18.4. The fourth-order valence-electron chi connectivity index (χ4n) is 4.45. The van der Waals surface area contributed by atoms with Gasteiger partial charge in [0.2, 0.25) is 0 Å². The van der Waals surface area contributed by atoms with Crippen molar-refractivity contribution in [2.75, 3.05) is 31.6 Å². The number of ether oxygens (including phenoxy) is 1. The van der Waals surface area contributed by atoms with Gasteiger partial charge in [0.1, 0.15) is 5.66 Å². The van der Waals surface area contributed by atoms with Crippen molar-refractivity contribution in [1.82, 2.24) is 15.2 Å². The summed E-state index contributed by atoms with van der Waals surface area (Å²) in [6.07, 6.45) is 3.66. The van der Waals surface area contributed by atoms with Crippen LogP contribution in [0.15, 0.2) is 71.7 Å². The van der Waals surface area contributed by atoms with E-state index in [-0.39, 0.29) is 11.5 Å². The van der Waals surface area contributed by atoms with Crippen molar-refractivity contribution in [3.05, 3.63) is 99.5 Å². The number of anilines is 1. The van der Waals surface area contributed by atoms with Gasteiger partial charge in [-0.05, 0) is 54.5 Å². The zero-order chi connectivity index (χ0) is 22.8. The third kappa shape index (κ3) is 4.15. The standard InChI is InChI=1S/C26H26N4O3/c1-26(28-21-9-7-19(8-10-21)25(32)30-13-15-33-16-14-30)23-20(11-12-27-24(23)31)17-22(29-26)18-5-3-2-4-6-18/h2-12,17,28-29H,13-16H2,1H3,(H,27,31). The molecule has 0 radical (unpaired) electrons. The lowest BCUT2D eigenvalue weighted by Crippen LogP contribution is -2.50. The van der Waals surface area contributed by atoms with E-state index in [1.54, 1.807) is 6.20 Å². The number of nitrogens with zero attached hydrogens (tertiary/aromatic N) is 1. The molecule has 3 N–H and O–H groups in total. The lowest BCUT2D eigenvalue weighted by atomic mass is 9.90. The molecule has 1 saturated heterocycles. The Hall–Kier alpha value is -3.84. The van der Waals surface area contributed by atoms with E-state index in [1.165, 1.54) is 0 Å². The molecular weight excluding hydrogens is 416 g/mol. The largest absolute Gasteiger partial charge is 0.378 e. The first kappa shape index (κ1) is 21.0. The van der Waals surface area contributed by atoms with E-state index in [1.807, 2.05) is 78.6 Å². The molecular formula is C26H26N4O3. The van der Waals surface area contributed by atoms with Crippen molar-refractivity contribution in [3.8, 4) is 0 Å². The smallest absolute Gasteiger partial charge is 0.256 e. The number of H-pyrrole nitrogens is 1. The van der Waals surface area contributed by atoms with Crippen molar-refractivity contribution >= 4 is 23.4 Å². The van der Waals surface area contributed by atoms with Crippen molar-refractivity contribution < 1.29 is 9.53 Å². The number of aromatic nitrogens is 1. The lowest BCUT2D eigenvalue weighted by molar-refractivity contribution is 0.0303. The van der Waals surface area contributed by atoms with Gasteiger partial charge < -0.3 is 25.3 Å². The Kier molecular flexibility index (Phi) is 5.48. The van der Waals surface area contributed by atoms with Crippen LogP contribution in [0.5, 0.6) is 0 Å². The summed E-state index contributed by atoms with van der Waals surface area (Å²) in [7, 11) is 0. The summed E-state index contributed by atoms with van der Waals surface area (Å²) in [6.45, 7) is 4.30. The van der Waals surface area contributed by atoms with Gasteiger partial charge in [0, 0.05) is 36.2 Å². The van der Waals surface area contributed by atoms with Crippen LogP contribution in [0, 0.1) is 0 Å². The Balaban J connectivity index is 1.44. The molecule has 3 aromatic rings. The number of amides is 1. The molecule has 2 aliphatic heterocycles. The first-order valence-electron chi connectivity index (χ1n) is 11.1. The molecule has 0 bridgehead atoms. The molecule has 0 aliphatic carbocycles. The molecule has 0 spiro atoms. The van der Waals surface area contributed by atoms with E-state index in [4.69, 9.17) is 4.74 Å². The van der Waals surface area contributed by atoms with E-state index in [0.29, 0.717) is 37.4 Å². The Bertz CT molecular complexity index is 1240. The highest BCUT2D eigenvalue weighted by atomic mass is 16.5. The van der Waals surface area contributed by atoms with Crippen LogP contribution in [0.25, 0.3) is 11.8 Å². The topological polar surface area (TPSA) is 86.5 Å². The maximum Gasteiger partial charge on any atom is 0.256 e. The average molecular weight is 443 g/mol. The summed E-state index contributed by atoms with van der Waals surface area (Å²) >= 11 is 0. The van der Waals surface area contributed by atoms with Gasteiger partial charge in [0.25, 0.3) is 11.5 Å². The molecule has 33 heavy (non-hydrogen) atoms. The van der Waals surface area contributed by atoms with Gasteiger partial charge in [-0.15, -0.1) is 0 Å². The van der Waals surface area contributed by atoms with Crippen LogP contribution in [0.3, 0.4) is 0 Å². The summed E-state index contributed by atoms with van der Waals surface area (Å²) in [4.78, 5) is 30.2. The van der Waals surface area contributed by atoms with Crippen LogP contribution >= 0.6 is 0 Å². The van der Waals surface area contributed by atoms with E-state index < -0.39 is 5.66 Å². The second kappa shape index (κ2) is 8.60. The number of nitrogens with one attached hydrogen (secondary N) is 3. The second-order valence-corrected chi connectivity index (χ2v) is 8.42. The van der Waals surface area contributed by atoms with Gasteiger partial charge in [-0.2, -0.15) is 0 Å². The molecule has 7 heteroatoms. The number of benzene rings is 2. The molecule has 1 atom stereocenters. The van der Waals surface area contributed by atoms with Crippen LogP contribution in [0.1, 0.15) is 34.0 Å². The fraction of sp³-hybridized carbons (Fsp3) is 0.231. The predicted molar refractivity (Wildman–Crippen MR) is 129 cm³/mol. The van der Waals surface area contributed by atoms with Crippen LogP contribution in [0.4, 0.5) is 5.69 Å². The van der Waals surface area contributed by atoms with Crippen LogP contribution in [-0.4, -0.2) is 42.1 Å². The minimum absolute atomic E-state index is 0.00272. The van der Waals surface area contributed by atoms with Crippen LogP contribution in [0.2, 0.25) is 0 Å². The number of hydrogen-bond acceptors (Lipinski definition) is 5. The van der Waals surface area contributed by atoms with Crippen molar-refractivity contribution in [2.45, 2.75) is 12.6 Å². The second-order valence-electron chi connectivity index (χ2n) is 8.42. The number of carbonyl (C=O) groups is 1. The van der Waals surface area contributed by atoms with Crippen LogP contribution < -0.4 is 16.2 Å². The first-order valence-corrected chi connectivity index (χ1v) is 11.1. The summed E-state index contributed by atoms with van der Waals surface area (Å²) in [5, 5.41) is 7.00. The van der Waals surface area contributed by atoms with Crippen molar-refractivity contribution in [1.29, 1.82) is 0 Å². The number of rotatable bonds is 4. The van der Waals surface area contributed by atoms with Crippen molar-refractivity contribution in [2.24, 2.45) is 0 Å². The van der Waals surface area contributed by atoms with E-state index in [0.717, 1.165) is 22.5 Å². The van der Waals surface area contributed by atoms with Crippen molar-refractivity contribution in [3.63, 3.8) is 0 Å². The molecule has 3 heterocycles. The Morgan fingerprint density at radius 2 is 1.76 bits per heavy atom. The third-order valence-electron chi connectivity index (χ3n) is 6.09. The van der Waals surface area contributed by atoms with Gasteiger partial charge in [0.15, 0.2) is 0 Å². The number of hydrogen-bond donors (Lipinski definition) is 3. The molecule has 5 rings (SSSR count). The zero-order valence-electron chi connectivity index (χ0n) is 18.4. The molecule has 1 aromatic heterocycles. The summed E-state index contributed by atoms with van der Waals surface area (Å²) < 4.78 is 5.34. The van der Waals surface area contributed by atoms with Gasteiger partial charge in [-0.3, -0.25) is 9.59 Å². The molecule has 0 saturated carbocycles. The minimum Gasteiger partial charge on any atom is -0.378 e. The highest BCUT2D eigenvalue weighted by Gasteiger charge is 2.35. The van der Waals surface area contributed by atoms with E-state index >= 15 is 0 Å².